The van der Waals surface area contributed by atoms with Crippen LogP contribution in [-0.2, 0) is 16.1 Å². The Labute approximate surface area is 159 Å². The van der Waals surface area contributed by atoms with E-state index in [0.29, 0.717) is 12.0 Å². The number of aromatic nitrogens is 4. The van der Waals surface area contributed by atoms with E-state index in [0.717, 1.165) is 43.0 Å². The summed E-state index contributed by atoms with van der Waals surface area (Å²) in [6.07, 6.45) is 10.2. The van der Waals surface area contributed by atoms with E-state index in [1.54, 1.807) is 12.7 Å². The summed E-state index contributed by atoms with van der Waals surface area (Å²) in [6.45, 7) is 3.78. The first kappa shape index (κ1) is 18.2. The standard InChI is InChI=1S/C19H28N6O2/c1-2-25-12-22-17-18(20-11-21-19(17)25)24-15-7-14(8-15)23-16(26)10-27-9-13-5-3-4-6-13/h11-15H,2-10H2,1H3,(H,23,26)(H,20,21,24). The number of carbonyl (C=O) groups is 1. The highest BCUT2D eigenvalue weighted by Crippen LogP contribution is 2.27. The number of imidazole rings is 1. The van der Waals surface area contributed by atoms with Gasteiger partial charge in [-0.15, -0.1) is 0 Å². The lowest BCUT2D eigenvalue weighted by molar-refractivity contribution is -0.127. The number of nitrogens with zero attached hydrogens (tertiary/aromatic N) is 4. The van der Waals surface area contributed by atoms with Crippen LogP contribution in [0.25, 0.3) is 11.2 Å². The molecule has 2 aliphatic rings. The van der Waals surface area contributed by atoms with Gasteiger partial charge >= 0.3 is 0 Å². The van der Waals surface area contributed by atoms with Crippen LogP contribution in [0.2, 0.25) is 0 Å². The molecule has 0 spiro atoms. The predicted molar refractivity (Wildman–Crippen MR) is 102 cm³/mol. The maximum absolute atomic E-state index is 12.0. The van der Waals surface area contributed by atoms with Crippen molar-refractivity contribution in [2.75, 3.05) is 18.5 Å². The lowest BCUT2D eigenvalue weighted by atomic mass is 9.86. The van der Waals surface area contributed by atoms with E-state index in [4.69, 9.17) is 4.74 Å². The Kier molecular flexibility index (Phi) is 5.52. The van der Waals surface area contributed by atoms with E-state index in [9.17, 15) is 4.79 Å². The van der Waals surface area contributed by atoms with Gasteiger partial charge in [-0.3, -0.25) is 4.79 Å². The summed E-state index contributed by atoms with van der Waals surface area (Å²) in [5.41, 5.74) is 1.64. The van der Waals surface area contributed by atoms with Gasteiger partial charge in [-0.05, 0) is 38.5 Å². The van der Waals surface area contributed by atoms with Crippen LogP contribution in [-0.4, -0.2) is 50.7 Å². The minimum Gasteiger partial charge on any atom is -0.371 e. The molecule has 0 radical (unpaired) electrons. The van der Waals surface area contributed by atoms with Crippen LogP contribution in [0.4, 0.5) is 5.82 Å². The zero-order valence-electron chi connectivity index (χ0n) is 15.9. The van der Waals surface area contributed by atoms with E-state index < -0.39 is 0 Å². The highest BCUT2D eigenvalue weighted by Gasteiger charge is 2.31. The molecule has 1 amide bonds. The van der Waals surface area contributed by atoms with Gasteiger partial charge in [0.2, 0.25) is 5.91 Å². The molecule has 0 unspecified atom stereocenters. The molecule has 146 valence electrons. The summed E-state index contributed by atoms with van der Waals surface area (Å²) in [5, 5.41) is 6.48. The number of carbonyl (C=O) groups excluding carboxylic acids is 1. The third kappa shape index (κ3) is 4.21. The van der Waals surface area contributed by atoms with E-state index >= 15 is 0 Å². The Hall–Kier alpha value is -2.22. The molecule has 4 rings (SSSR count). The number of hydrogen-bond acceptors (Lipinski definition) is 6. The minimum absolute atomic E-state index is 0.0115. The lowest BCUT2D eigenvalue weighted by Crippen LogP contribution is -2.50. The maximum Gasteiger partial charge on any atom is 0.246 e. The summed E-state index contributed by atoms with van der Waals surface area (Å²) in [7, 11) is 0. The number of anilines is 1. The van der Waals surface area contributed by atoms with Gasteiger partial charge in [-0.25, -0.2) is 15.0 Å². The van der Waals surface area contributed by atoms with Gasteiger partial charge in [-0.2, -0.15) is 0 Å². The molecule has 2 N–H and O–H groups in total. The SMILES string of the molecule is CCn1cnc2c(NC3CC(NC(=O)COCC4CCCC4)C3)ncnc21. The molecule has 2 saturated carbocycles. The summed E-state index contributed by atoms with van der Waals surface area (Å²) < 4.78 is 7.57. The molecule has 0 atom stereocenters. The van der Waals surface area contributed by atoms with Crippen molar-refractivity contribution in [1.29, 1.82) is 0 Å². The third-order valence-electron chi connectivity index (χ3n) is 5.65. The van der Waals surface area contributed by atoms with Crippen molar-refractivity contribution in [3.63, 3.8) is 0 Å². The fourth-order valence-corrected chi connectivity index (χ4v) is 4.03. The molecular formula is C19H28N6O2. The molecule has 0 bridgehead atoms. The minimum atomic E-state index is -0.0115. The van der Waals surface area contributed by atoms with Gasteiger partial charge in [0.1, 0.15) is 18.5 Å². The second-order valence-electron chi connectivity index (χ2n) is 7.67. The van der Waals surface area contributed by atoms with Crippen molar-refractivity contribution in [3.05, 3.63) is 12.7 Å². The number of fused-ring (bicyclic) bond motifs is 1. The van der Waals surface area contributed by atoms with E-state index in [2.05, 4.69) is 32.5 Å². The van der Waals surface area contributed by atoms with Crippen LogP contribution in [0.5, 0.6) is 0 Å². The molecule has 0 aliphatic heterocycles. The summed E-state index contributed by atoms with van der Waals surface area (Å²) in [5.74, 6) is 1.40. The Balaban J connectivity index is 1.20. The first-order chi connectivity index (χ1) is 13.2. The Morgan fingerprint density at radius 3 is 2.81 bits per heavy atom. The third-order valence-corrected chi connectivity index (χ3v) is 5.65. The second kappa shape index (κ2) is 8.21. The van der Waals surface area contributed by atoms with Crippen molar-refractivity contribution in [3.8, 4) is 0 Å². The Morgan fingerprint density at radius 1 is 1.22 bits per heavy atom. The van der Waals surface area contributed by atoms with Crippen molar-refractivity contribution >= 4 is 22.9 Å². The number of rotatable bonds is 8. The van der Waals surface area contributed by atoms with Crippen LogP contribution in [0.15, 0.2) is 12.7 Å². The van der Waals surface area contributed by atoms with Gasteiger partial charge < -0.3 is 19.9 Å². The van der Waals surface area contributed by atoms with Gasteiger partial charge in [0.15, 0.2) is 11.5 Å². The van der Waals surface area contributed by atoms with Crippen LogP contribution in [0.1, 0.15) is 45.4 Å². The van der Waals surface area contributed by atoms with Crippen LogP contribution in [0, 0.1) is 5.92 Å². The molecule has 2 aromatic rings. The van der Waals surface area contributed by atoms with E-state index in [-0.39, 0.29) is 18.6 Å². The molecule has 0 saturated heterocycles. The summed E-state index contributed by atoms with van der Waals surface area (Å²) in [6, 6.07) is 0.496. The number of amides is 1. The zero-order valence-corrected chi connectivity index (χ0v) is 15.9. The Morgan fingerprint density at radius 2 is 2.04 bits per heavy atom. The van der Waals surface area contributed by atoms with Crippen molar-refractivity contribution in [1.82, 2.24) is 24.8 Å². The van der Waals surface area contributed by atoms with Gasteiger partial charge in [-0.1, -0.05) is 12.8 Å². The van der Waals surface area contributed by atoms with E-state index in [1.807, 2.05) is 4.57 Å². The number of nitrogens with one attached hydrogen (secondary N) is 2. The fraction of sp³-hybridized carbons (Fsp3) is 0.684. The molecule has 8 heteroatoms. The van der Waals surface area contributed by atoms with Crippen molar-refractivity contribution in [2.45, 2.75) is 64.1 Å². The molecular weight excluding hydrogens is 344 g/mol. The average Bonchev–Trinajstić information content (AvgIpc) is 3.29. The maximum atomic E-state index is 12.0. The molecule has 2 aliphatic carbocycles. The topological polar surface area (TPSA) is 94.0 Å². The quantitative estimate of drug-likeness (QED) is 0.737. The highest BCUT2D eigenvalue weighted by molar-refractivity contribution is 5.83. The first-order valence-electron chi connectivity index (χ1n) is 10.0. The van der Waals surface area contributed by atoms with E-state index in [1.165, 1.54) is 25.7 Å². The monoisotopic (exact) mass is 372 g/mol. The summed E-state index contributed by atoms with van der Waals surface area (Å²) >= 11 is 0. The van der Waals surface area contributed by atoms with Crippen LogP contribution < -0.4 is 10.6 Å². The smallest absolute Gasteiger partial charge is 0.246 e. The Bertz CT molecular complexity index is 780. The van der Waals surface area contributed by atoms with Crippen LogP contribution in [0.3, 0.4) is 0 Å². The van der Waals surface area contributed by atoms with Gasteiger partial charge in [0.05, 0.1) is 12.9 Å². The van der Waals surface area contributed by atoms with Gasteiger partial charge in [0, 0.05) is 18.6 Å². The molecule has 8 nitrogen and oxygen atoms in total. The lowest BCUT2D eigenvalue weighted by Gasteiger charge is -2.36. The van der Waals surface area contributed by atoms with Gasteiger partial charge in [0.25, 0.3) is 0 Å². The fourth-order valence-electron chi connectivity index (χ4n) is 4.03. The van der Waals surface area contributed by atoms with Crippen molar-refractivity contribution in [2.24, 2.45) is 5.92 Å². The highest BCUT2D eigenvalue weighted by atomic mass is 16.5. The predicted octanol–water partition coefficient (Wildman–Crippen LogP) is 2.11. The largest absolute Gasteiger partial charge is 0.371 e. The first-order valence-corrected chi connectivity index (χ1v) is 10.0. The number of aryl methyl sites for hydroxylation is 1. The van der Waals surface area contributed by atoms with Crippen LogP contribution >= 0.6 is 0 Å². The average molecular weight is 372 g/mol. The zero-order chi connectivity index (χ0) is 18.6. The molecule has 2 heterocycles. The molecule has 27 heavy (non-hydrogen) atoms. The molecule has 2 aromatic heterocycles. The second-order valence-corrected chi connectivity index (χ2v) is 7.67. The van der Waals surface area contributed by atoms with Crippen molar-refractivity contribution < 1.29 is 9.53 Å². The number of hydrogen-bond donors (Lipinski definition) is 2. The molecule has 2 fully saturated rings. The number of ether oxygens (including phenoxy) is 1. The molecule has 0 aromatic carbocycles. The summed E-state index contributed by atoms with van der Waals surface area (Å²) in [4.78, 5) is 25.1. The normalized spacial score (nSPS) is 22.7.